The first-order chi connectivity index (χ1) is 10.3. The topological polar surface area (TPSA) is 55.6 Å². The average Bonchev–Trinajstić information content (AvgIpc) is 2.81. The minimum absolute atomic E-state index is 0.387. The van der Waals surface area contributed by atoms with E-state index in [1.54, 1.807) is 4.80 Å². The number of nitrogens with one attached hydrogen (secondary N) is 1. The van der Waals surface area contributed by atoms with Gasteiger partial charge in [0.25, 0.3) is 0 Å². The second-order valence-corrected chi connectivity index (χ2v) is 5.79. The first kappa shape index (κ1) is 14.2. The number of aromatic nitrogens is 4. The van der Waals surface area contributed by atoms with Gasteiger partial charge in [0, 0.05) is 12.5 Å². The fraction of sp³-hybridized carbons (Fsp3) is 0.562. The molecule has 3 rings (SSSR count). The van der Waals surface area contributed by atoms with Gasteiger partial charge in [-0.2, -0.15) is 4.80 Å². The molecular formula is C16H23N5. The molecule has 0 radical (unpaired) electrons. The number of hydrogen-bond donors (Lipinski definition) is 1. The van der Waals surface area contributed by atoms with Gasteiger partial charge in [0.1, 0.15) is 0 Å². The Morgan fingerprint density at radius 1 is 1.33 bits per heavy atom. The van der Waals surface area contributed by atoms with Gasteiger partial charge in [-0.15, -0.1) is 10.2 Å². The molecule has 1 aromatic carbocycles. The van der Waals surface area contributed by atoms with E-state index in [1.165, 1.54) is 30.4 Å². The normalized spacial score (nSPS) is 21.8. The lowest BCUT2D eigenvalue weighted by atomic mass is 9.88. The van der Waals surface area contributed by atoms with Crippen molar-refractivity contribution < 1.29 is 0 Å². The van der Waals surface area contributed by atoms with Crippen molar-refractivity contribution in [3.05, 3.63) is 41.2 Å². The highest BCUT2D eigenvalue weighted by molar-refractivity contribution is 5.32. The number of hydrogen-bond acceptors (Lipinski definition) is 4. The van der Waals surface area contributed by atoms with Gasteiger partial charge in [0.05, 0.1) is 7.05 Å². The van der Waals surface area contributed by atoms with Crippen LogP contribution in [0.3, 0.4) is 0 Å². The van der Waals surface area contributed by atoms with Crippen molar-refractivity contribution in [1.82, 2.24) is 25.5 Å². The molecule has 5 heteroatoms. The van der Waals surface area contributed by atoms with Gasteiger partial charge in [-0.25, -0.2) is 0 Å². The minimum atomic E-state index is 0.387. The maximum Gasteiger partial charge on any atom is 0.175 e. The van der Waals surface area contributed by atoms with Crippen LogP contribution < -0.4 is 5.32 Å². The molecule has 2 aromatic rings. The van der Waals surface area contributed by atoms with Crippen LogP contribution in [0.4, 0.5) is 0 Å². The van der Waals surface area contributed by atoms with Crippen LogP contribution in [0.2, 0.25) is 0 Å². The van der Waals surface area contributed by atoms with Crippen LogP contribution >= 0.6 is 0 Å². The van der Waals surface area contributed by atoms with Gasteiger partial charge in [0.2, 0.25) is 0 Å². The van der Waals surface area contributed by atoms with Crippen molar-refractivity contribution in [3.8, 4) is 0 Å². The van der Waals surface area contributed by atoms with Crippen LogP contribution in [0.15, 0.2) is 24.3 Å². The van der Waals surface area contributed by atoms with E-state index in [0.29, 0.717) is 12.0 Å². The molecule has 1 aromatic heterocycles. The summed E-state index contributed by atoms with van der Waals surface area (Å²) in [4.78, 5) is 1.54. The fourth-order valence-corrected chi connectivity index (χ4v) is 3.40. The van der Waals surface area contributed by atoms with Gasteiger partial charge in [-0.3, -0.25) is 0 Å². The highest BCUT2D eigenvalue weighted by atomic mass is 15.6. The minimum Gasteiger partial charge on any atom is -0.310 e. The van der Waals surface area contributed by atoms with E-state index in [2.05, 4.69) is 51.9 Å². The summed E-state index contributed by atoms with van der Waals surface area (Å²) in [6.45, 7) is 3.15. The maximum atomic E-state index is 4.35. The molecule has 2 unspecified atom stereocenters. The Kier molecular flexibility index (Phi) is 4.29. The summed E-state index contributed by atoms with van der Waals surface area (Å²) in [7, 11) is 1.82. The zero-order valence-electron chi connectivity index (χ0n) is 12.8. The summed E-state index contributed by atoms with van der Waals surface area (Å²) < 4.78 is 0. The largest absolute Gasteiger partial charge is 0.310 e. The Morgan fingerprint density at radius 3 is 2.95 bits per heavy atom. The van der Waals surface area contributed by atoms with E-state index in [1.807, 2.05) is 7.05 Å². The van der Waals surface area contributed by atoms with Gasteiger partial charge in [0.15, 0.2) is 5.82 Å². The van der Waals surface area contributed by atoms with Crippen molar-refractivity contribution in [2.75, 3.05) is 6.54 Å². The number of aryl methyl sites for hydroxylation is 2. The van der Waals surface area contributed by atoms with Crippen molar-refractivity contribution >= 4 is 0 Å². The Balaban J connectivity index is 1.88. The summed E-state index contributed by atoms with van der Waals surface area (Å²) in [6, 6.07) is 9.21. The van der Waals surface area contributed by atoms with Crippen molar-refractivity contribution in [2.45, 2.75) is 38.6 Å². The van der Waals surface area contributed by atoms with E-state index in [9.17, 15) is 0 Å². The third kappa shape index (κ3) is 3.13. The molecule has 1 aliphatic rings. The summed E-state index contributed by atoms with van der Waals surface area (Å²) in [5.41, 5.74) is 2.93. The molecule has 0 saturated heterocycles. The average molecular weight is 285 g/mol. The summed E-state index contributed by atoms with van der Waals surface area (Å²) >= 11 is 0. The lowest BCUT2D eigenvalue weighted by Gasteiger charge is -2.26. The summed E-state index contributed by atoms with van der Waals surface area (Å²) in [6.07, 6.45) is 4.48. The van der Waals surface area contributed by atoms with Crippen molar-refractivity contribution in [3.63, 3.8) is 0 Å². The molecule has 112 valence electrons. The second-order valence-electron chi connectivity index (χ2n) is 5.79. The van der Waals surface area contributed by atoms with Crippen LogP contribution in [0.5, 0.6) is 0 Å². The van der Waals surface area contributed by atoms with Crippen LogP contribution in [0.1, 0.15) is 42.8 Å². The fourth-order valence-electron chi connectivity index (χ4n) is 3.40. The first-order valence-corrected chi connectivity index (χ1v) is 7.82. The maximum absolute atomic E-state index is 4.35. The Bertz CT molecular complexity index is 592. The lowest BCUT2D eigenvalue weighted by molar-refractivity contribution is 0.341. The lowest BCUT2D eigenvalue weighted by Crippen LogP contribution is -2.29. The van der Waals surface area contributed by atoms with Gasteiger partial charge >= 0.3 is 0 Å². The molecule has 0 bridgehead atoms. The zero-order valence-corrected chi connectivity index (χ0v) is 12.8. The Hall–Kier alpha value is -1.75. The molecule has 2 atom stereocenters. The van der Waals surface area contributed by atoms with Crippen LogP contribution in [0, 0.1) is 5.92 Å². The monoisotopic (exact) mass is 285 g/mol. The van der Waals surface area contributed by atoms with Gasteiger partial charge in [-0.05, 0) is 48.1 Å². The molecule has 1 heterocycles. The number of nitrogens with zero attached hydrogens (tertiary/aromatic N) is 4. The van der Waals surface area contributed by atoms with E-state index in [0.717, 1.165) is 18.8 Å². The molecule has 5 nitrogen and oxygen atoms in total. The highest BCUT2D eigenvalue weighted by Crippen LogP contribution is 2.34. The molecule has 0 amide bonds. The van der Waals surface area contributed by atoms with E-state index >= 15 is 0 Å². The highest BCUT2D eigenvalue weighted by Gasteiger charge is 2.28. The number of rotatable bonds is 4. The Morgan fingerprint density at radius 2 is 2.19 bits per heavy atom. The molecule has 0 fully saturated rings. The summed E-state index contributed by atoms with van der Waals surface area (Å²) in [5, 5.41) is 16.1. The number of tetrazole rings is 1. The molecule has 0 spiro atoms. The predicted molar refractivity (Wildman–Crippen MR) is 81.8 cm³/mol. The molecule has 1 aliphatic carbocycles. The van der Waals surface area contributed by atoms with Crippen LogP contribution in [-0.4, -0.2) is 26.8 Å². The number of benzene rings is 1. The van der Waals surface area contributed by atoms with E-state index in [4.69, 9.17) is 0 Å². The zero-order chi connectivity index (χ0) is 14.7. The van der Waals surface area contributed by atoms with E-state index in [-0.39, 0.29) is 0 Å². The third-order valence-corrected chi connectivity index (χ3v) is 4.30. The molecule has 21 heavy (non-hydrogen) atoms. The Labute approximate surface area is 125 Å². The molecule has 1 N–H and O–H groups in total. The van der Waals surface area contributed by atoms with E-state index < -0.39 is 0 Å². The van der Waals surface area contributed by atoms with Gasteiger partial charge < -0.3 is 5.32 Å². The quantitative estimate of drug-likeness (QED) is 0.874. The van der Waals surface area contributed by atoms with Gasteiger partial charge in [-0.1, -0.05) is 31.2 Å². The predicted octanol–water partition coefficient (Wildman–Crippen LogP) is 2.06. The van der Waals surface area contributed by atoms with Crippen LogP contribution in [0.25, 0.3) is 0 Å². The third-order valence-electron chi connectivity index (χ3n) is 4.30. The number of fused-ring (bicyclic) bond motifs is 1. The smallest absolute Gasteiger partial charge is 0.175 e. The summed E-state index contributed by atoms with van der Waals surface area (Å²) in [5.74, 6) is 1.38. The van der Waals surface area contributed by atoms with Crippen molar-refractivity contribution in [2.24, 2.45) is 13.0 Å². The SMILES string of the molecule is CCNC1c2ccccc2CCCC1Cc1nnn(C)n1. The van der Waals surface area contributed by atoms with Crippen molar-refractivity contribution in [1.29, 1.82) is 0 Å². The standard InChI is InChI=1S/C16H23N5/c1-3-17-16-13(11-15-18-20-21(2)19-15)9-6-8-12-7-4-5-10-14(12)16/h4-5,7,10,13,16-17H,3,6,8-9,11H2,1-2H3. The molecular weight excluding hydrogens is 262 g/mol. The second kappa shape index (κ2) is 6.35. The molecule has 0 aliphatic heterocycles. The van der Waals surface area contributed by atoms with Crippen LogP contribution in [-0.2, 0) is 19.9 Å². The first-order valence-electron chi connectivity index (χ1n) is 7.82. The molecule has 0 saturated carbocycles.